The molecule has 0 radical (unpaired) electrons. The summed E-state index contributed by atoms with van der Waals surface area (Å²) in [5.74, 6) is 1.91. The Balaban J connectivity index is 1.58. The molecule has 0 bridgehead atoms. The molecule has 0 saturated carbocycles. The summed E-state index contributed by atoms with van der Waals surface area (Å²) in [6, 6.07) is 24.9. The third kappa shape index (κ3) is 3.26. The molecule has 4 aromatic rings. The second-order valence-electron chi connectivity index (χ2n) is 6.09. The van der Waals surface area contributed by atoms with Crippen LogP contribution in [0.5, 0.6) is 5.75 Å². The van der Waals surface area contributed by atoms with Crippen LogP contribution < -0.4 is 4.74 Å². The van der Waals surface area contributed by atoms with E-state index in [1.807, 2.05) is 30.3 Å². The number of aromatic amines is 1. The number of benzene rings is 3. The van der Waals surface area contributed by atoms with Gasteiger partial charge in [0.25, 0.3) is 0 Å². The summed E-state index contributed by atoms with van der Waals surface area (Å²) in [4.78, 5) is 8.09. The molecule has 1 heterocycles. The van der Waals surface area contributed by atoms with Crippen LogP contribution in [0.3, 0.4) is 0 Å². The van der Waals surface area contributed by atoms with E-state index in [-0.39, 0.29) is 0 Å². The lowest BCUT2D eigenvalue weighted by atomic mass is 9.96. The molecule has 0 aliphatic rings. The molecule has 0 aliphatic heterocycles. The van der Waals surface area contributed by atoms with Crippen LogP contribution in [0, 0.1) is 0 Å². The van der Waals surface area contributed by atoms with Gasteiger partial charge in [-0.2, -0.15) is 0 Å². The number of para-hydroxylation sites is 2. The molecular weight excluding hydrogens is 308 g/mol. The van der Waals surface area contributed by atoms with Crippen LogP contribution in [-0.4, -0.2) is 17.1 Å². The summed E-state index contributed by atoms with van der Waals surface area (Å²) in [5, 5.41) is 0. The number of hydrogen-bond acceptors (Lipinski definition) is 2. The van der Waals surface area contributed by atoms with Crippen molar-refractivity contribution in [1.29, 1.82) is 0 Å². The summed E-state index contributed by atoms with van der Waals surface area (Å²) >= 11 is 0. The fourth-order valence-electron chi connectivity index (χ4n) is 3.17. The number of aromatic nitrogens is 2. The molecular formula is C22H20N2O. The minimum atomic E-state index is 0.878. The van der Waals surface area contributed by atoms with Crippen LogP contribution in [0.15, 0.2) is 72.8 Å². The zero-order valence-corrected chi connectivity index (χ0v) is 14.2. The molecule has 124 valence electrons. The predicted molar refractivity (Wildman–Crippen MR) is 102 cm³/mol. The van der Waals surface area contributed by atoms with Gasteiger partial charge in [-0.25, -0.2) is 4.98 Å². The molecule has 0 amide bonds. The molecule has 25 heavy (non-hydrogen) atoms. The van der Waals surface area contributed by atoms with Crippen molar-refractivity contribution < 1.29 is 4.74 Å². The Bertz CT molecular complexity index is 953. The molecule has 0 atom stereocenters. The normalized spacial score (nSPS) is 10.9. The van der Waals surface area contributed by atoms with E-state index in [1.165, 1.54) is 16.7 Å². The Kier molecular flexibility index (Phi) is 4.21. The van der Waals surface area contributed by atoms with Crippen molar-refractivity contribution in [3.63, 3.8) is 0 Å². The average molecular weight is 328 g/mol. The fourth-order valence-corrected chi connectivity index (χ4v) is 3.17. The molecule has 0 spiro atoms. The fraction of sp³-hybridized carbons (Fsp3) is 0.136. The Morgan fingerprint density at radius 1 is 0.840 bits per heavy atom. The highest BCUT2D eigenvalue weighted by atomic mass is 16.5. The summed E-state index contributed by atoms with van der Waals surface area (Å²) in [7, 11) is 1.69. The zero-order chi connectivity index (χ0) is 17.1. The van der Waals surface area contributed by atoms with E-state index in [4.69, 9.17) is 4.74 Å². The minimum Gasteiger partial charge on any atom is -0.497 e. The van der Waals surface area contributed by atoms with E-state index >= 15 is 0 Å². The van der Waals surface area contributed by atoms with E-state index in [0.29, 0.717) is 0 Å². The first kappa shape index (κ1) is 15.5. The molecule has 3 nitrogen and oxygen atoms in total. The number of fused-ring (bicyclic) bond motifs is 1. The first-order valence-corrected chi connectivity index (χ1v) is 8.49. The van der Waals surface area contributed by atoms with Crippen LogP contribution in [0.4, 0.5) is 0 Å². The lowest BCUT2D eigenvalue weighted by Crippen LogP contribution is -1.96. The maximum atomic E-state index is 5.26. The number of H-pyrrole nitrogens is 1. The van der Waals surface area contributed by atoms with Crippen molar-refractivity contribution in [1.82, 2.24) is 9.97 Å². The second kappa shape index (κ2) is 6.81. The number of hydrogen-bond donors (Lipinski definition) is 1. The van der Waals surface area contributed by atoms with Crippen LogP contribution >= 0.6 is 0 Å². The Morgan fingerprint density at radius 2 is 1.60 bits per heavy atom. The van der Waals surface area contributed by atoms with Crippen molar-refractivity contribution in [2.75, 3.05) is 7.11 Å². The number of aryl methyl sites for hydroxylation is 2. The average Bonchev–Trinajstić information content (AvgIpc) is 3.10. The highest BCUT2D eigenvalue weighted by Crippen LogP contribution is 2.26. The third-order valence-corrected chi connectivity index (χ3v) is 4.49. The lowest BCUT2D eigenvalue weighted by molar-refractivity contribution is 0.415. The summed E-state index contributed by atoms with van der Waals surface area (Å²) in [5.41, 5.74) is 5.93. The van der Waals surface area contributed by atoms with Crippen molar-refractivity contribution >= 4 is 11.0 Å². The first-order valence-electron chi connectivity index (χ1n) is 8.49. The van der Waals surface area contributed by atoms with Gasteiger partial charge in [0, 0.05) is 6.42 Å². The zero-order valence-electron chi connectivity index (χ0n) is 14.2. The van der Waals surface area contributed by atoms with Gasteiger partial charge in [-0.05, 0) is 47.4 Å². The van der Waals surface area contributed by atoms with Gasteiger partial charge in [-0.1, -0.05) is 48.5 Å². The molecule has 0 saturated heterocycles. The van der Waals surface area contributed by atoms with Crippen LogP contribution in [-0.2, 0) is 12.8 Å². The van der Waals surface area contributed by atoms with Gasteiger partial charge in [-0.3, -0.25) is 0 Å². The van der Waals surface area contributed by atoms with Crippen molar-refractivity contribution in [3.8, 4) is 16.9 Å². The first-order chi connectivity index (χ1) is 12.3. The van der Waals surface area contributed by atoms with Gasteiger partial charge >= 0.3 is 0 Å². The number of ether oxygens (including phenoxy) is 1. The minimum absolute atomic E-state index is 0.878. The maximum Gasteiger partial charge on any atom is 0.118 e. The van der Waals surface area contributed by atoms with E-state index < -0.39 is 0 Å². The van der Waals surface area contributed by atoms with Gasteiger partial charge in [0.05, 0.1) is 18.1 Å². The van der Waals surface area contributed by atoms with Crippen LogP contribution in [0.1, 0.15) is 11.4 Å². The van der Waals surface area contributed by atoms with Crippen LogP contribution in [0.25, 0.3) is 22.2 Å². The Hall–Kier alpha value is -3.07. The third-order valence-electron chi connectivity index (χ3n) is 4.49. The largest absolute Gasteiger partial charge is 0.497 e. The molecule has 1 N–H and O–H groups in total. The number of nitrogens with zero attached hydrogens (tertiary/aromatic N) is 1. The van der Waals surface area contributed by atoms with Crippen molar-refractivity contribution in [2.45, 2.75) is 12.8 Å². The summed E-state index contributed by atoms with van der Waals surface area (Å²) in [6.45, 7) is 0. The van der Waals surface area contributed by atoms with Crippen molar-refractivity contribution in [3.05, 3.63) is 84.2 Å². The maximum absolute atomic E-state index is 5.26. The standard InChI is InChI=1S/C22H20N2O/c1-25-18-13-10-17(11-14-18)19-7-3-2-6-16(19)12-15-22-23-20-8-4-5-9-21(20)24-22/h2-11,13-14H,12,15H2,1H3,(H,23,24). The monoisotopic (exact) mass is 328 g/mol. The number of methoxy groups -OCH3 is 1. The predicted octanol–water partition coefficient (Wildman–Crippen LogP) is 5.02. The van der Waals surface area contributed by atoms with E-state index in [1.54, 1.807) is 7.11 Å². The van der Waals surface area contributed by atoms with E-state index in [9.17, 15) is 0 Å². The van der Waals surface area contributed by atoms with E-state index in [0.717, 1.165) is 35.4 Å². The quantitative estimate of drug-likeness (QED) is 0.558. The Labute approximate surface area is 147 Å². The van der Waals surface area contributed by atoms with Gasteiger partial charge < -0.3 is 9.72 Å². The summed E-state index contributed by atoms with van der Waals surface area (Å²) < 4.78 is 5.26. The van der Waals surface area contributed by atoms with Gasteiger partial charge in [0.2, 0.25) is 0 Å². The molecule has 0 unspecified atom stereocenters. The van der Waals surface area contributed by atoms with Gasteiger partial charge in [0.15, 0.2) is 0 Å². The smallest absolute Gasteiger partial charge is 0.118 e. The molecule has 3 heteroatoms. The number of rotatable bonds is 5. The lowest BCUT2D eigenvalue weighted by Gasteiger charge is -2.10. The van der Waals surface area contributed by atoms with Gasteiger partial charge in [-0.15, -0.1) is 0 Å². The topological polar surface area (TPSA) is 37.9 Å². The molecule has 0 fully saturated rings. The molecule has 3 aromatic carbocycles. The highest BCUT2D eigenvalue weighted by Gasteiger charge is 2.07. The highest BCUT2D eigenvalue weighted by molar-refractivity contribution is 5.74. The van der Waals surface area contributed by atoms with Gasteiger partial charge in [0.1, 0.15) is 11.6 Å². The molecule has 4 rings (SSSR count). The Morgan fingerprint density at radius 3 is 2.40 bits per heavy atom. The number of imidazole rings is 1. The number of nitrogens with one attached hydrogen (secondary N) is 1. The van der Waals surface area contributed by atoms with E-state index in [2.05, 4.69) is 52.4 Å². The molecule has 0 aliphatic carbocycles. The van der Waals surface area contributed by atoms with Crippen molar-refractivity contribution in [2.24, 2.45) is 0 Å². The van der Waals surface area contributed by atoms with Crippen LogP contribution in [0.2, 0.25) is 0 Å². The summed E-state index contributed by atoms with van der Waals surface area (Å²) in [6.07, 6.45) is 1.84. The second-order valence-corrected chi connectivity index (χ2v) is 6.09. The molecule has 1 aromatic heterocycles. The SMILES string of the molecule is COc1ccc(-c2ccccc2CCc2nc3ccccc3[nH]2)cc1.